The number of pyridine rings is 1. The molecule has 8 nitrogen and oxygen atoms in total. The lowest BCUT2D eigenvalue weighted by Gasteiger charge is -2.16. The van der Waals surface area contributed by atoms with Gasteiger partial charge in [0, 0.05) is 26.0 Å². The molecule has 0 aliphatic heterocycles. The number of aromatic nitrogens is 4. The van der Waals surface area contributed by atoms with Crippen molar-refractivity contribution in [2.45, 2.75) is 26.1 Å². The molecule has 0 amide bonds. The summed E-state index contributed by atoms with van der Waals surface area (Å²) in [4.78, 5) is 8.60. The Kier molecular flexibility index (Phi) is 9.00. The zero-order chi connectivity index (χ0) is 19.8. The van der Waals surface area contributed by atoms with Crippen molar-refractivity contribution < 1.29 is 5.11 Å². The minimum Gasteiger partial charge on any atom is -0.387 e. The van der Waals surface area contributed by atoms with Gasteiger partial charge in [0.2, 0.25) is 0 Å². The van der Waals surface area contributed by atoms with Crippen molar-refractivity contribution in [2.24, 2.45) is 12.0 Å². The summed E-state index contributed by atoms with van der Waals surface area (Å²) >= 11 is 0. The summed E-state index contributed by atoms with van der Waals surface area (Å²) in [5.41, 5.74) is 1.90. The fraction of sp³-hybridized carbons (Fsp3) is 0.300. The number of aryl methyl sites for hydroxylation is 1. The van der Waals surface area contributed by atoms with Crippen LogP contribution in [0.4, 0.5) is 0 Å². The first kappa shape index (κ1) is 22.8. The third-order valence-corrected chi connectivity index (χ3v) is 4.41. The third-order valence-electron chi connectivity index (χ3n) is 4.41. The lowest BCUT2D eigenvalue weighted by Crippen LogP contribution is -2.39. The van der Waals surface area contributed by atoms with Crippen molar-refractivity contribution in [2.75, 3.05) is 6.54 Å². The molecule has 0 saturated heterocycles. The first-order valence-electron chi connectivity index (χ1n) is 9.12. The van der Waals surface area contributed by atoms with Crippen molar-refractivity contribution in [3.8, 4) is 0 Å². The van der Waals surface area contributed by atoms with Crippen molar-refractivity contribution in [1.82, 2.24) is 30.4 Å². The van der Waals surface area contributed by atoms with Crippen LogP contribution in [0.2, 0.25) is 0 Å². The van der Waals surface area contributed by atoms with Crippen molar-refractivity contribution in [3.05, 3.63) is 77.6 Å². The molecular formula is C20H26IN7O. The van der Waals surface area contributed by atoms with Gasteiger partial charge in [0.15, 0.2) is 11.8 Å². The molecular weight excluding hydrogens is 481 g/mol. The van der Waals surface area contributed by atoms with E-state index >= 15 is 0 Å². The average Bonchev–Trinajstić information content (AvgIpc) is 3.06. The topological polar surface area (TPSA) is 100 Å². The first-order chi connectivity index (χ1) is 13.6. The van der Waals surface area contributed by atoms with Gasteiger partial charge in [-0.15, -0.1) is 34.2 Å². The number of aliphatic hydroxyl groups is 1. The second-order valence-electron chi connectivity index (χ2n) is 6.40. The van der Waals surface area contributed by atoms with Crippen LogP contribution in [-0.4, -0.2) is 37.4 Å². The van der Waals surface area contributed by atoms with Crippen LogP contribution in [0.15, 0.2) is 59.9 Å². The van der Waals surface area contributed by atoms with E-state index in [1.807, 2.05) is 48.9 Å². The average molecular weight is 507 g/mol. The van der Waals surface area contributed by atoms with Crippen LogP contribution in [0.25, 0.3) is 0 Å². The number of nitrogens with one attached hydrogen (secondary N) is 2. The van der Waals surface area contributed by atoms with E-state index in [-0.39, 0.29) is 24.0 Å². The summed E-state index contributed by atoms with van der Waals surface area (Å²) in [6, 6.07) is 13.6. The molecule has 3 N–H and O–H groups in total. The molecule has 1 atom stereocenters. The van der Waals surface area contributed by atoms with Gasteiger partial charge in [-0.3, -0.25) is 4.98 Å². The lowest BCUT2D eigenvalue weighted by atomic mass is 10.1. The molecule has 0 spiro atoms. The van der Waals surface area contributed by atoms with Crippen molar-refractivity contribution in [3.63, 3.8) is 0 Å². The van der Waals surface area contributed by atoms with Gasteiger partial charge in [-0.1, -0.05) is 30.3 Å². The highest BCUT2D eigenvalue weighted by atomic mass is 127. The molecule has 0 saturated carbocycles. The van der Waals surface area contributed by atoms with E-state index in [2.05, 4.69) is 30.8 Å². The predicted molar refractivity (Wildman–Crippen MR) is 123 cm³/mol. The smallest absolute Gasteiger partial charge is 0.192 e. The van der Waals surface area contributed by atoms with Gasteiger partial charge < -0.3 is 20.3 Å². The van der Waals surface area contributed by atoms with Gasteiger partial charge in [0.1, 0.15) is 5.82 Å². The van der Waals surface area contributed by atoms with Gasteiger partial charge in [-0.2, -0.15) is 0 Å². The van der Waals surface area contributed by atoms with Crippen LogP contribution in [0.5, 0.6) is 0 Å². The molecule has 1 unspecified atom stereocenters. The van der Waals surface area contributed by atoms with E-state index in [0.717, 1.165) is 22.8 Å². The van der Waals surface area contributed by atoms with E-state index in [9.17, 15) is 5.11 Å². The molecule has 2 heterocycles. The Morgan fingerprint density at radius 1 is 1.10 bits per heavy atom. The van der Waals surface area contributed by atoms with Gasteiger partial charge in [-0.05, 0) is 30.2 Å². The van der Waals surface area contributed by atoms with E-state index in [1.165, 1.54) is 0 Å². The highest BCUT2D eigenvalue weighted by molar-refractivity contribution is 14.0. The van der Waals surface area contributed by atoms with Gasteiger partial charge >= 0.3 is 0 Å². The van der Waals surface area contributed by atoms with E-state index < -0.39 is 6.10 Å². The minimum absolute atomic E-state index is 0. The highest BCUT2D eigenvalue weighted by Crippen LogP contribution is 2.09. The maximum Gasteiger partial charge on any atom is 0.192 e. The molecule has 154 valence electrons. The Labute approximate surface area is 187 Å². The maximum atomic E-state index is 10.4. The zero-order valence-corrected chi connectivity index (χ0v) is 18.8. The quantitative estimate of drug-likeness (QED) is 0.258. The van der Waals surface area contributed by atoms with Crippen LogP contribution >= 0.6 is 24.0 Å². The molecule has 0 aliphatic carbocycles. The summed E-state index contributed by atoms with van der Waals surface area (Å²) < 4.78 is 1.92. The second-order valence-corrected chi connectivity index (χ2v) is 6.40. The fourth-order valence-corrected chi connectivity index (χ4v) is 2.59. The molecule has 3 rings (SSSR count). The predicted octanol–water partition coefficient (Wildman–Crippen LogP) is 2.11. The minimum atomic E-state index is -0.663. The SMILES string of the molecule is Cc1nnc(CNC(=NCc2ccccc2)NCC(O)c2ccncc2)n1C.I. The molecule has 9 heteroatoms. The number of guanidine groups is 1. The van der Waals surface area contributed by atoms with E-state index in [4.69, 9.17) is 0 Å². The number of benzene rings is 1. The monoisotopic (exact) mass is 507 g/mol. The summed E-state index contributed by atoms with van der Waals surface area (Å²) in [6.45, 7) is 3.23. The third kappa shape index (κ3) is 6.79. The van der Waals surface area contributed by atoms with E-state index in [1.54, 1.807) is 24.5 Å². The number of aliphatic imine (C=N–C) groups is 1. The highest BCUT2D eigenvalue weighted by Gasteiger charge is 2.10. The Morgan fingerprint density at radius 2 is 1.83 bits per heavy atom. The largest absolute Gasteiger partial charge is 0.387 e. The summed E-state index contributed by atoms with van der Waals surface area (Å²) in [5, 5.41) is 25.1. The standard InChI is InChI=1S/C20H25N7O.HI/c1-15-25-26-19(27(15)2)14-24-20(22-12-16-6-4-3-5-7-16)23-13-18(28)17-8-10-21-11-9-17;/h3-11,18,28H,12-14H2,1-2H3,(H2,22,23,24);1H. The molecule has 29 heavy (non-hydrogen) atoms. The fourth-order valence-electron chi connectivity index (χ4n) is 2.59. The number of rotatable bonds is 7. The molecule has 0 radical (unpaired) electrons. The van der Waals surface area contributed by atoms with Crippen LogP contribution in [0, 0.1) is 6.92 Å². The van der Waals surface area contributed by atoms with Gasteiger partial charge in [-0.25, -0.2) is 4.99 Å². The van der Waals surface area contributed by atoms with Crippen LogP contribution in [0.1, 0.15) is 28.9 Å². The number of hydrogen-bond donors (Lipinski definition) is 3. The number of nitrogens with zero attached hydrogens (tertiary/aromatic N) is 5. The Morgan fingerprint density at radius 3 is 2.48 bits per heavy atom. The van der Waals surface area contributed by atoms with Crippen LogP contribution in [-0.2, 0) is 20.1 Å². The van der Waals surface area contributed by atoms with Crippen molar-refractivity contribution in [1.29, 1.82) is 0 Å². The molecule has 0 aliphatic rings. The molecule has 1 aromatic carbocycles. The Hall–Kier alpha value is -2.53. The number of aliphatic hydroxyl groups excluding tert-OH is 1. The number of hydrogen-bond acceptors (Lipinski definition) is 5. The molecule has 2 aromatic heterocycles. The van der Waals surface area contributed by atoms with Crippen molar-refractivity contribution >= 4 is 29.9 Å². The van der Waals surface area contributed by atoms with Gasteiger partial charge in [0.25, 0.3) is 0 Å². The summed E-state index contributed by atoms with van der Waals surface area (Å²) in [7, 11) is 1.92. The summed E-state index contributed by atoms with van der Waals surface area (Å²) in [6.07, 6.45) is 2.67. The second kappa shape index (κ2) is 11.5. The van der Waals surface area contributed by atoms with E-state index in [0.29, 0.717) is 25.6 Å². The number of halogens is 1. The molecule has 0 fully saturated rings. The Bertz CT molecular complexity index is 900. The summed E-state index contributed by atoms with van der Waals surface area (Å²) in [5.74, 6) is 2.25. The van der Waals surface area contributed by atoms with Gasteiger partial charge in [0.05, 0.1) is 19.2 Å². The first-order valence-corrected chi connectivity index (χ1v) is 9.12. The molecule has 3 aromatic rings. The lowest BCUT2D eigenvalue weighted by molar-refractivity contribution is 0.180. The normalized spacial score (nSPS) is 12.2. The maximum absolute atomic E-state index is 10.4. The molecule has 0 bridgehead atoms. The Balaban J connectivity index is 0.00000300. The zero-order valence-electron chi connectivity index (χ0n) is 16.5. The van der Waals surface area contributed by atoms with Crippen LogP contribution < -0.4 is 10.6 Å². The van der Waals surface area contributed by atoms with Crippen LogP contribution in [0.3, 0.4) is 0 Å².